The highest BCUT2D eigenvalue weighted by Crippen LogP contribution is 2.15. The number of aryl methyl sites for hydroxylation is 1. The molecule has 1 saturated heterocycles. The van der Waals surface area contributed by atoms with Gasteiger partial charge in [-0.05, 0) is 13.8 Å². The fraction of sp³-hybridized carbons (Fsp3) is 0.583. The Kier molecular flexibility index (Phi) is 3.93. The molecule has 1 aromatic heterocycles. The van der Waals surface area contributed by atoms with E-state index in [1.165, 1.54) is 4.90 Å². The summed E-state index contributed by atoms with van der Waals surface area (Å²) in [5, 5.41) is 4.21. The number of morpholine rings is 1. The molecular weight excluding hydrogens is 262 g/mol. The third kappa shape index (κ3) is 2.60. The maximum atomic E-state index is 12.3. The third-order valence-electron chi connectivity index (χ3n) is 3.50. The SMILES string of the molecule is Cc1nn(CC(=O)N2CCOCC2C(N)=O)c(C)c1N. The normalized spacial score (nSPS) is 19.1. The first-order valence-corrected chi connectivity index (χ1v) is 6.37. The topological polar surface area (TPSA) is 116 Å². The van der Waals surface area contributed by atoms with Crippen molar-refractivity contribution in [1.82, 2.24) is 14.7 Å². The summed E-state index contributed by atoms with van der Waals surface area (Å²) in [6.45, 7) is 4.50. The molecule has 1 aromatic rings. The highest BCUT2D eigenvalue weighted by atomic mass is 16.5. The number of carbonyl (C=O) groups excluding carboxylic acids is 2. The number of nitrogens with two attached hydrogens (primary N) is 2. The summed E-state index contributed by atoms with van der Waals surface area (Å²) in [5.74, 6) is -0.784. The van der Waals surface area contributed by atoms with Gasteiger partial charge in [-0.25, -0.2) is 0 Å². The highest BCUT2D eigenvalue weighted by Gasteiger charge is 2.31. The lowest BCUT2D eigenvalue weighted by atomic mass is 10.2. The lowest BCUT2D eigenvalue weighted by Gasteiger charge is -2.33. The summed E-state index contributed by atoms with van der Waals surface area (Å²) in [7, 11) is 0. The van der Waals surface area contributed by atoms with E-state index < -0.39 is 11.9 Å². The summed E-state index contributed by atoms with van der Waals surface area (Å²) < 4.78 is 6.73. The summed E-state index contributed by atoms with van der Waals surface area (Å²) in [5.41, 5.74) is 13.1. The molecule has 0 aliphatic carbocycles. The van der Waals surface area contributed by atoms with Crippen LogP contribution in [0.5, 0.6) is 0 Å². The van der Waals surface area contributed by atoms with Gasteiger partial charge in [-0.2, -0.15) is 5.10 Å². The Balaban J connectivity index is 2.14. The zero-order valence-corrected chi connectivity index (χ0v) is 11.6. The van der Waals surface area contributed by atoms with Crippen molar-refractivity contribution in [3.63, 3.8) is 0 Å². The second-order valence-corrected chi connectivity index (χ2v) is 4.82. The zero-order valence-electron chi connectivity index (χ0n) is 11.6. The van der Waals surface area contributed by atoms with E-state index in [-0.39, 0.29) is 19.1 Å². The van der Waals surface area contributed by atoms with Crippen molar-refractivity contribution in [3.8, 4) is 0 Å². The zero-order chi connectivity index (χ0) is 14.9. The van der Waals surface area contributed by atoms with Crippen LogP contribution in [0.25, 0.3) is 0 Å². The predicted octanol–water partition coefficient (Wildman–Crippen LogP) is -1.21. The van der Waals surface area contributed by atoms with Gasteiger partial charge in [0.05, 0.1) is 30.3 Å². The van der Waals surface area contributed by atoms with Gasteiger partial charge in [-0.3, -0.25) is 14.3 Å². The van der Waals surface area contributed by atoms with Crippen molar-refractivity contribution in [2.45, 2.75) is 26.4 Å². The molecule has 0 saturated carbocycles. The molecule has 1 atom stereocenters. The fourth-order valence-electron chi connectivity index (χ4n) is 2.22. The average Bonchev–Trinajstić information content (AvgIpc) is 2.66. The van der Waals surface area contributed by atoms with Crippen molar-refractivity contribution in [3.05, 3.63) is 11.4 Å². The van der Waals surface area contributed by atoms with Crippen LogP contribution in [-0.4, -0.2) is 52.3 Å². The molecule has 1 unspecified atom stereocenters. The van der Waals surface area contributed by atoms with Gasteiger partial charge in [-0.15, -0.1) is 0 Å². The van der Waals surface area contributed by atoms with E-state index in [4.69, 9.17) is 16.2 Å². The van der Waals surface area contributed by atoms with Gasteiger partial charge in [0, 0.05) is 6.54 Å². The van der Waals surface area contributed by atoms with Crippen molar-refractivity contribution in [2.75, 3.05) is 25.5 Å². The number of nitrogen functional groups attached to an aromatic ring is 1. The first-order valence-electron chi connectivity index (χ1n) is 6.37. The van der Waals surface area contributed by atoms with Gasteiger partial charge in [0.25, 0.3) is 0 Å². The fourth-order valence-corrected chi connectivity index (χ4v) is 2.22. The third-order valence-corrected chi connectivity index (χ3v) is 3.50. The minimum Gasteiger partial charge on any atom is -0.396 e. The maximum absolute atomic E-state index is 12.3. The number of ether oxygens (including phenoxy) is 1. The number of primary amides is 1. The number of rotatable bonds is 3. The first kappa shape index (κ1) is 14.3. The number of amides is 2. The number of anilines is 1. The monoisotopic (exact) mass is 281 g/mol. The quantitative estimate of drug-likeness (QED) is 0.721. The van der Waals surface area contributed by atoms with Crippen molar-refractivity contribution in [2.24, 2.45) is 5.73 Å². The molecule has 0 spiro atoms. The Morgan fingerprint density at radius 2 is 2.15 bits per heavy atom. The van der Waals surface area contributed by atoms with Crippen LogP contribution >= 0.6 is 0 Å². The Labute approximate surface area is 116 Å². The van der Waals surface area contributed by atoms with E-state index in [0.717, 1.165) is 5.69 Å². The molecule has 1 aliphatic rings. The van der Waals surface area contributed by atoms with Gasteiger partial charge in [0.15, 0.2) is 0 Å². The van der Waals surface area contributed by atoms with Crippen molar-refractivity contribution < 1.29 is 14.3 Å². The molecule has 2 rings (SSSR count). The van der Waals surface area contributed by atoms with E-state index in [1.54, 1.807) is 18.5 Å². The molecule has 110 valence electrons. The summed E-state index contributed by atoms with van der Waals surface area (Å²) >= 11 is 0. The van der Waals surface area contributed by atoms with Crippen LogP contribution in [0.4, 0.5) is 5.69 Å². The molecule has 8 nitrogen and oxygen atoms in total. The molecule has 2 amide bonds. The van der Waals surface area contributed by atoms with Gasteiger partial charge in [-0.1, -0.05) is 0 Å². The molecule has 4 N–H and O–H groups in total. The van der Waals surface area contributed by atoms with E-state index >= 15 is 0 Å². The Morgan fingerprint density at radius 1 is 1.45 bits per heavy atom. The van der Waals surface area contributed by atoms with Crippen LogP contribution in [0.2, 0.25) is 0 Å². The Hall–Kier alpha value is -2.09. The van der Waals surface area contributed by atoms with E-state index in [0.29, 0.717) is 24.5 Å². The number of hydrogen-bond acceptors (Lipinski definition) is 5. The molecule has 0 bridgehead atoms. The molecule has 20 heavy (non-hydrogen) atoms. The number of hydrogen-bond donors (Lipinski definition) is 2. The average molecular weight is 281 g/mol. The highest BCUT2D eigenvalue weighted by molar-refractivity contribution is 5.87. The van der Waals surface area contributed by atoms with Crippen LogP contribution in [0, 0.1) is 13.8 Å². The van der Waals surface area contributed by atoms with Crippen molar-refractivity contribution >= 4 is 17.5 Å². The number of aromatic nitrogens is 2. The molecule has 2 heterocycles. The summed E-state index contributed by atoms with van der Waals surface area (Å²) in [6, 6.07) is -0.717. The smallest absolute Gasteiger partial charge is 0.245 e. The van der Waals surface area contributed by atoms with Gasteiger partial charge in [0.2, 0.25) is 11.8 Å². The standard InChI is InChI=1S/C12H19N5O3/c1-7-11(13)8(2)17(15-7)5-10(18)16-3-4-20-6-9(16)12(14)19/h9H,3-6,13H2,1-2H3,(H2,14,19). The largest absolute Gasteiger partial charge is 0.396 e. The van der Waals surface area contributed by atoms with Crippen LogP contribution in [0.15, 0.2) is 0 Å². The molecule has 1 aliphatic heterocycles. The van der Waals surface area contributed by atoms with Crippen LogP contribution < -0.4 is 11.5 Å². The lowest BCUT2D eigenvalue weighted by Crippen LogP contribution is -2.55. The summed E-state index contributed by atoms with van der Waals surface area (Å²) in [4.78, 5) is 25.1. The van der Waals surface area contributed by atoms with Gasteiger partial charge < -0.3 is 21.1 Å². The number of carbonyl (C=O) groups is 2. The van der Waals surface area contributed by atoms with E-state index in [9.17, 15) is 9.59 Å². The van der Waals surface area contributed by atoms with Crippen LogP contribution in [0.3, 0.4) is 0 Å². The van der Waals surface area contributed by atoms with Crippen molar-refractivity contribution in [1.29, 1.82) is 0 Å². The maximum Gasteiger partial charge on any atom is 0.245 e. The second kappa shape index (κ2) is 5.49. The minimum absolute atomic E-state index is 0.0354. The van der Waals surface area contributed by atoms with E-state index in [2.05, 4.69) is 5.10 Å². The van der Waals surface area contributed by atoms with E-state index in [1.807, 2.05) is 0 Å². The Bertz CT molecular complexity index is 539. The molecule has 0 aromatic carbocycles. The Morgan fingerprint density at radius 3 is 2.70 bits per heavy atom. The molecule has 1 fully saturated rings. The minimum atomic E-state index is -0.717. The second-order valence-electron chi connectivity index (χ2n) is 4.82. The van der Waals surface area contributed by atoms with Crippen LogP contribution in [0.1, 0.15) is 11.4 Å². The first-order chi connectivity index (χ1) is 9.41. The van der Waals surface area contributed by atoms with Crippen LogP contribution in [-0.2, 0) is 20.9 Å². The lowest BCUT2D eigenvalue weighted by molar-refractivity contribution is -0.147. The molecule has 0 radical (unpaired) electrons. The van der Waals surface area contributed by atoms with Gasteiger partial charge >= 0.3 is 0 Å². The molecular formula is C12H19N5O3. The van der Waals surface area contributed by atoms with Gasteiger partial charge in [0.1, 0.15) is 12.6 Å². The number of nitrogens with zero attached hydrogens (tertiary/aromatic N) is 3. The summed E-state index contributed by atoms with van der Waals surface area (Å²) in [6.07, 6.45) is 0. The predicted molar refractivity (Wildman–Crippen MR) is 71.6 cm³/mol. The molecule has 8 heteroatoms.